The molecule has 1 aromatic carbocycles. The number of hydrogen-bond donors (Lipinski definition) is 3. The summed E-state index contributed by atoms with van der Waals surface area (Å²) < 4.78 is 5.22. The van der Waals surface area contributed by atoms with Crippen molar-refractivity contribution >= 4 is 11.6 Å². The van der Waals surface area contributed by atoms with Crippen LogP contribution < -0.4 is 11.1 Å². The van der Waals surface area contributed by atoms with E-state index in [2.05, 4.69) is 30.6 Å². The van der Waals surface area contributed by atoms with E-state index in [9.17, 15) is 4.79 Å². The summed E-state index contributed by atoms with van der Waals surface area (Å²) in [5.41, 5.74) is 7.10. The van der Waals surface area contributed by atoms with Crippen LogP contribution in [0.25, 0.3) is 11.4 Å². The lowest BCUT2D eigenvalue weighted by molar-refractivity contribution is -0.116. The summed E-state index contributed by atoms with van der Waals surface area (Å²) in [6, 6.07) is 7.37. The highest BCUT2D eigenvalue weighted by molar-refractivity contribution is 5.90. The Labute approximate surface area is 155 Å². The molecule has 2 aromatic heterocycles. The van der Waals surface area contributed by atoms with Gasteiger partial charge in [0.15, 0.2) is 11.6 Å². The van der Waals surface area contributed by atoms with Gasteiger partial charge in [0.05, 0.1) is 6.54 Å². The third-order valence-corrected chi connectivity index (χ3v) is 4.37. The van der Waals surface area contributed by atoms with Crippen LogP contribution in [0.1, 0.15) is 49.1 Å². The second-order valence-electron chi connectivity index (χ2n) is 6.61. The molecule has 1 saturated carbocycles. The number of anilines is 1. The Bertz CT molecular complexity index is 912. The molecule has 140 valence electrons. The van der Waals surface area contributed by atoms with Gasteiger partial charge in [0.1, 0.15) is 5.82 Å². The van der Waals surface area contributed by atoms with Crippen LogP contribution in [0.15, 0.2) is 28.8 Å². The summed E-state index contributed by atoms with van der Waals surface area (Å²) in [5, 5.41) is 13.7. The first-order valence-corrected chi connectivity index (χ1v) is 9.05. The van der Waals surface area contributed by atoms with E-state index in [0.717, 1.165) is 29.9 Å². The molecule has 0 spiro atoms. The first-order valence-electron chi connectivity index (χ1n) is 9.05. The van der Waals surface area contributed by atoms with E-state index in [4.69, 9.17) is 10.3 Å². The fourth-order valence-corrected chi connectivity index (χ4v) is 2.72. The van der Waals surface area contributed by atoms with E-state index >= 15 is 0 Å². The molecule has 0 unspecified atom stereocenters. The van der Waals surface area contributed by atoms with E-state index in [1.54, 1.807) is 0 Å². The first kappa shape index (κ1) is 17.3. The monoisotopic (exact) mass is 367 g/mol. The molecule has 0 radical (unpaired) electrons. The Balaban J connectivity index is 1.24. The fraction of sp³-hybridized carbons (Fsp3) is 0.389. The molecular weight excluding hydrogens is 346 g/mol. The van der Waals surface area contributed by atoms with Crippen molar-refractivity contribution in [1.29, 1.82) is 0 Å². The maximum Gasteiger partial charge on any atom is 0.226 e. The number of nitrogens with one attached hydrogen (secondary N) is 2. The topological polar surface area (TPSA) is 136 Å². The number of aromatic nitrogens is 5. The third-order valence-electron chi connectivity index (χ3n) is 4.37. The first-order chi connectivity index (χ1) is 13.2. The molecule has 3 aromatic rings. The zero-order valence-electron chi connectivity index (χ0n) is 14.8. The second kappa shape index (κ2) is 7.67. The van der Waals surface area contributed by atoms with Gasteiger partial charge in [-0.3, -0.25) is 9.89 Å². The molecule has 0 atom stereocenters. The molecule has 1 aliphatic carbocycles. The summed E-state index contributed by atoms with van der Waals surface area (Å²) in [7, 11) is 0. The second-order valence-corrected chi connectivity index (χ2v) is 6.61. The highest BCUT2D eigenvalue weighted by atomic mass is 16.5. The zero-order valence-corrected chi connectivity index (χ0v) is 14.8. The van der Waals surface area contributed by atoms with E-state index in [1.165, 1.54) is 0 Å². The summed E-state index contributed by atoms with van der Waals surface area (Å²) in [4.78, 5) is 20.7. The van der Waals surface area contributed by atoms with E-state index in [-0.39, 0.29) is 5.91 Å². The summed E-state index contributed by atoms with van der Waals surface area (Å²) in [6.07, 6.45) is 3.95. The predicted molar refractivity (Wildman–Crippen MR) is 97.6 cm³/mol. The zero-order chi connectivity index (χ0) is 18.6. The van der Waals surface area contributed by atoms with Crippen LogP contribution in [0.5, 0.6) is 0 Å². The van der Waals surface area contributed by atoms with Gasteiger partial charge in [0.25, 0.3) is 0 Å². The summed E-state index contributed by atoms with van der Waals surface area (Å²) in [5.74, 6) is 3.06. The number of nitrogens with zero attached hydrogens (tertiary/aromatic N) is 4. The number of amides is 1. The minimum absolute atomic E-state index is 0.0482. The molecule has 1 aliphatic rings. The molecule has 0 aliphatic heterocycles. The average Bonchev–Trinajstić information content (AvgIpc) is 3.23. The molecule has 1 amide bonds. The quantitative estimate of drug-likeness (QED) is 0.555. The maximum atomic E-state index is 12.1. The van der Waals surface area contributed by atoms with Gasteiger partial charge < -0.3 is 15.6 Å². The van der Waals surface area contributed by atoms with Crippen molar-refractivity contribution < 1.29 is 9.32 Å². The molecule has 4 rings (SSSR count). The number of rotatable bonds is 8. The number of aromatic amines is 1. The van der Waals surface area contributed by atoms with Crippen LogP contribution >= 0.6 is 0 Å². The number of benzene rings is 1. The van der Waals surface area contributed by atoms with E-state index < -0.39 is 0 Å². The molecule has 0 saturated heterocycles. The number of aryl methyl sites for hydroxylation is 1. The Morgan fingerprint density at radius 3 is 2.78 bits per heavy atom. The van der Waals surface area contributed by atoms with Gasteiger partial charge >= 0.3 is 0 Å². The smallest absolute Gasteiger partial charge is 0.226 e. The lowest BCUT2D eigenvalue weighted by Crippen LogP contribution is -2.11. The van der Waals surface area contributed by atoms with Crippen molar-refractivity contribution in [2.45, 2.75) is 44.6 Å². The highest BCUT2D eigenvalue weighted by Gasteiger charge is 2.28. The summed E-state index contributed by atoms with van der Waals surface area (Å²) >= 11 is 0. The minimum Gasteiger partial charge on any atom is -0.339 e. The molecule has 2 heterocycles. The Morgan fingerprint density at radius 2 is 2.07 bits per heavy atom. The number of carbonyl (C=O) groups excluding carboxylic acids is 1. The van der Waals surface area contributed by atoms with Crippen LogP contribution in [0.4, 0.5) is 5.69 Å². The van der Waals surface area contributed by atoms with Gasteiger partial charge in [0.2, 0.25) is 11.8 Å². The molecule has 9 heteroatoms. The predicted octanol–water partition coefficient (Wildman–Crippen LogP) is 2.15. The van der Waals surface area contributed by atoms with Gasteiger partial charge in [0, 0.05) is 30.0 Å². The van der Waals surface area contributed by atoms with E-state index in [1.807, 2.05) is 24.3 Å². The number of carbonyl (C=O) groups is 1. The van der Waals surface area contributed by atoms with Gasteiger partial charge in [-0.25, -0.2) is 4.98 Å². The largest absolute Gasteiger partial charge is 0.339 e. The van der Waals surface area contributed by atoms with Gasteiger partial charge in [-0.05, 0) is 43.5 Å². The number of nitrogens with two attached hydrogens (primary N) is 1. The Hall–Kier alpha value is -3.07. The van der Waals surface area contributed by atoms with E-state index in [0.29, 0.717) is 49.3 Å². The van der Waals surface area contributed by atoms with Gasteiger partial charge in [-0.2, -0.15) is 10.1 Å². The van der Waals surface area contributed by atoms with Crippen molar-refractivity contribution in [3.63, 3.8) is 0 Å². The van der Waals surface area contributed by atoms with Crippen molar-refractivity contribution in [2.24, 2.45) is 5.73 Å². The molecule has 27 heavy (non-hydrogen) atoms. The molecule has 9 nitrogen and oxygen atoms in total. The van der Waals surface area contributed by atoms with Crippen LogP contribution in [-0.4, -0.2) is 31.2 Å². The molecule has 1 fully saturated rings. The van der Waals surface area contributed by atoms with Crippen molar-refractivity contribution in [3.8, 4) is 11.4 Å². The third kappa shape index (κ3) is 4.37. The molecule has 0 bridgehead atoms. The van der Waals surface area contributed by atoms with Crippen LogP contribution in [0.2, 0.25) is 0 Å². The Kier molecular flexibility index (Phi) is 4.93. The molecular formula is C18H21N7O2. The standard InChI is InChI=1S/C18H21N7O2/c19-10-14-21-17(24-23-14)11-6-8-13(9-7-11)20-15(26)2-1-3-16-22-18(25-27-16)12-4-5-12/h6-9,12H,1-5,10,19H2,(H,20,26)(H,21,23,24). The van der Waals surface area contributed by atoms with Crippen LogP contribution in [0.3, 0.4) is 0 Å². The lowest BCUT2D eigenvalue weighted by Gasteiger charge is -2.05. The van der Waals surface area contributed by atoms with Crippen molar-refractivity contribution in [3.05, 3.63) is 41.8 Å². The maximum absolute atomic E-state index is 12.1. The van der Waals surface area contributed by atoms with Crippen molar-refractivity contribution in [2.75, 3.05) is 5.32 Å². The van der Waals surface area contributed by atoms with Gasteiger partial charge in [-0.15, -0.1) is 0 Å². The van der Waals surface area contributed by atoms with Crippen LogP contribution in [0, 0.1) is 0 Å². The highest BCUT2D eigenvalue weighted by Crippen LogP contribution is 2.38. The Morgan fingerprint density at radius 1 is 1.26 bits per heavy atom. The van der Waals surface area contributed by atoms with Gasteiger partial charge in [-0.1, -0.05) is 5.16 Å². The normalized spacial score (nSPS) is 13.7. The average molecular weight is 367 g/mol. The van der Waals surface area contributed by atoms with Crippen molar-refractivity contribution in [1.82, 2.24) is 25.3 Å². The SMILES string of the molecule is NCc1nc(-c2ccc(NC(=O)CCCc3nc(C4CC4)no3)cc2)n[nH]1. The fourth-order valence-electron chi connectivity index (χ4n) is 2.72. The number of H-pyrrole nitrogens is 1. The molecule has 4 N–H and O–H groups in total. The minimum atomic E-state index is -0.0482. The summed E-state index contributed by atoms with van der Waals surface area (Å²) in [6.45, 7) is 0.312. The lowest BCUT2D eigenvalue weighted by atomic mass is 10.2. The number of hydrogen-bond acceptors (Lipinski definition) is 7. The van der Waals surface area contributed by atoms with Crippen LogP contribution in [-0.2, 0) is 17.8 Å².